The summed E-state index contributed by atoms with van der Waals surface area (Å²) in [5.74, 6) is -0.153. The molecule has 94 valence electrons. The van der Waals surface area contributed by atoms with Crippen molar-refractivity contribution in [2.45, 2.75) is 39.2 Å². The van der Waals surface area contributed by atoms with E-state index < -0.39 is 0 Å². The fourth-order valence-corrected chi connectivity index (χ4v) is 1.61. The minimum atomic E-state index is -0.211. The molecule has 0 fully saturated rings. The molecule has 17 heavy (non-hydrogen) atoms. The zero-order valence-corrected chi connectivity index (χ0v) is 10.5. The summed E-state index contributed by atoms with van der Waals surface area (Å²) in [6.07, 6.45) is 1.72. The number of hydrogen-bond donors (Lipinski definition) is 1. The van der Waals surface area contributed by atoms with Crippen molar-refractivity contribution >= 4 is 5.97 Å². The van der Waals surface area contributed by atoms with Crippen molar-refractivity contribution in [2.24, 2.45) is 0 Å². The van der Waals surface area contributed by atoms with Gasteiger partial charge in [-0.05, 0) is 30.9 Å². The number of benzene rings is 1. The van der Waals surface area contributed by atoms with Gasteiger partial charge in [0.15, 0.2) is 0 Å². The Hall–Kier alpha value is -1.35. The highest BCUT2D eigenvalue weighted by Crippen LogP contribution is 2.18. The molecular formula is C14H20O3. The van der Waals surface area contributed by atoms with Crippen molar-refractivity contribution in [2.75, 3.05) is 6.61 Å². The highest BCUT2D eigenvalue weighted by molar-refractivity contribution is 5.69. The van der Waals surface area contributed by atoms with Crippen LogP contribution in [0.4, 0.5) is 0 Å². The number of aliphatic hydroxyl groups is 1. The molecular weight excluding hydrogens is 216 g/mol. The van der Waals surface area contributed by atoms with Crippen LogP contribution in [-0.2, 0) is 16.0 Å². The molecule has 0 aliphatic rings. The van der Waals surface area contributed by atoms with Gasteiger partial charge < -0.3 is 9.84 Å². The van der Waals surface area contributed by atoms with Gasteiger partial charge in [0, 0.05) is 13.0 Å². The Labute approximate surface area is 102 Å². The molecule has 0 amide bonds. The first-order valence-corrected chi connectivity index (χ1v) is 6.06. The third-order valence-electron chi connectivity index (χ3n) is 2.61. The van der Waals surface area contributed by atoms with E-state index in [1.807, 2.05) is 38.1 Å². The summed E-state index contributed by atoms with van der Waals surface area (Å²) in [5, 5.41) is 8.81. The Bertz CT molecular complexity index is 343. The Morgan fingerprint density at radius 2 is 2.00 bits per heavy atom. The number of rotatable bonds is 6. The predicted octanol–water partition coefficient (Wildman–Crippen LogP) is 2.63. The maximum Gasteiger partial charge on any atom is 0.306 e. The topological polar surface area (TPSA) is 46.5 Å². The van der Waals surface area contributed by atoms with Crippen LogP contribution in [0.25, 0.3) is 0 Å². The van der Waals surface area contributed by atoms with E-state index in [2.05, 4.69) is 0 Å². The molecule has 1 N–H and O–H groups in total. The molecule has 1 aromatic carbocycles. The van der Waals surface area contributed by atoms with Crippen molar-refractivity contribution < 1.29 is 14.6 Å². The van der Waals surface area contributed by atoms with Crippen LogP contribution in [-0.4, -0.2) is 17.7 Å². The summed E-state index contributed by atoms with van der Waals surface area (Å²) >= 11 is 0. The van der Waals surface area contributed by atoms with Crippen LogP contribution < -0.4 is 0 Å². The minimum Gasteiger partial charge on any atom is -0.458 e. The molecule has 0 saturated heterocycles. The lowest BCUT2D eigenvalue weighted by atomic mass is 10.1. The molecule has 0 bridgehead atoms. The molecule has 0 aromatic heterocycles. The van der Waals surface area contributed by atoms with Gasteiger partial charge in [-0.15, -0.1) is 0 Å². The van der Waals surface area contributed by atoms with Gasteiger partial charge in [0.2, 0.25) is 0 Å². The third kappa shape index (κ3) is 4.57. The fraction of sp³-hybridized carbons (Fsp3) is 0.500. The molecule has 1 aromatic rings. The quantitative estimate of drug-likeness (QED) is 0.772. The first-order valence-electron chi connectivity index (χ1n) is 6.06. The van der Waals surface area contributed by atoms with Crippen LogP contribution in [0, 0.1) is 0 Å². The fourth-order valence-electron chi connectivity index (χ4n) is 1.61. The molecule has 1 rings (SSSR count). The average molecular weight is 236 g/mol. The second-order valence-corrected chi connectivity index (χ2v) is 4.10. The van der Waals surface area contributed by atoms with Crippen LogP contribution in [0.15, 0.2) is 24.3 Å². The van der Waals surface area contributed by atoms with Crippen LogP contribution >= 0.6 is 0 Å². The Morgan fingerprint density at radius 1 is 1.35 bits per heavy atom. The second-order valence-electron chi connectivity index (χ2n) is 4.10. The molecule has 3 nitrogen and oxygen atoms in total. The first kappa shape index (κ1) is 13.7. The van der Waals surface area contributed by atoms with Gasteiger partial charge in [0.25, 0.3) is 0 Å². The summed E-state index contributed by atoms with van der Waals surface area (Å²) < 4.78 is 5.29. The molecule has 0 aliphatic carbocycles. The lowest BCUT2D eigenvalue weighted by molar-refractivity contribution is -0.148. The number of carbonyl (C=O) groups is 1. The number of carbonyl (C=O) groups excluding carboxylic acids is 1. The van der Waals surface area contributed by atoms with E-state index in [4.69, 9.17) is 9.84 Å². The monoisotopic (exact) mass is 236 g/mol. The molecule has 1 unspecified atom stereocenters. The molecule has 0 spiro atoms. The van der Waals surface area contributed by atoms with Crippen LogP contribution in [0.2, 0.25) is 0 Å². The largest absolute Gasteiger partial charge is 0.458 e. The standard InChI is InChI=1S/C14H20O3/c1-3-4-14(16)17-11(2)13-7-5-12(6-8-13)9-10-15/h5-8,11,15H,3-4,9-10H2,1-2H3. The smallest absolute Gasteiger partial charge is 0.306 e. The number of hydrogen-bond acceptors (Lipinski definition) is 3. The van der Waals surface area contributed by atoms with E-state index in [0.29, 0.717) is 12.8 Å². The van der Waals surface area contributed by atoms with Gasteiger partial charge in [0.05, 0.1) is 0 Å². The highest BCUT2D eigenvalue weighted by Gasteiger charge is 2.10. The molecule has 0 heterocycles. The predicted molar refractivity (Wildman–Crippen MR) is 66.6 cm³/mol. The normalized spacial score (nSPS) is 12.2. The SMILES string of the molecule is CCCC(=O)OC(C)c1ccc(CCO)cc1. The van der Waals surface area contributed by atoms with Crippen LogP contribution in [0.5, 0.6) is 0 Å². The van der Waals surface area contributed by atoms with Gasteiger partial charge in [-0.3, -0.25) is 4.79 Å². The molecule has 0 aliphatic heterocycles. The van der Waals surface area contributed by atoms with E-state index in [9.17, 15) is 4.79 Å². The lowest BCUT2D eigenvalue weighted by Gasteiger charge is -2.13. The first-order chi connectivity index (χ1) is 8.17. The van der Waals surface area contributed by atoms with Crippen molar-refractivity contribution in [1.82, 2.24) is 0 Å². The maximum absolute atomic E-state index is 11.3. The Morgan fingerprint density at radius 3 is 2.53 bits per heavy atom. The van der Waals surface area contributed by atoms with Crippen molar-refractivity contribution in [3.8, 4) is 0 Å². The van der Waals surface area contributed by atoms with Crippen LogP contribution in [0.1, 0.15) is 43.9 Å². The van der Waals surface area contributed by atoms with E-state index in [-0.39, 0.29) is 18.7 Å². The van der Waals surface area contributed by atoms with E-state index in [1.54, 1.807) is 0 Å². The van der Waals surface area contributed by atoms with Gasteiger partial charge in [-0.2, -0.15) is 0 Å². The summed E-state index contributed by atoms with van der Waals surface area (Å²) in [4.78, 5) is 11.3. The maximum atomic E-state index is 11.3. The van der Waals surface area contributed by atoms with Crippen molar-refractivity contribution in [3.63, 3.8) is 0 Å². The molecule has 3 heteroatoms. The van der Waals surface area contributed by atoms with Crippen molar-refractivity contribution in [3.05, 3.63) is 35.4 Å². The third-order valence-corrected chi connectivity index (χ3v) is 2.61. The van der Waals surface area contributed by atoms with Gasteiger partial charge in [-0.1, -0.05) is 31.2 Å². The summed E-state index contributed by atoms with van der Waals surface area (Å²) in [7, 11) is 0. The minimum absolute atomic E-state index is 0.153. The van der Waals surface area contributed by atoms with E-state index in [1.165, 1.54) is 0 Å². The van der Waals surface area contributed by atoms with Crippen LogP contribution in [0.3, 0.4) is 0 Å². The van der Waals surface area contributed by atoms with Crippen molar-refractivity contribution in [1.29, 1.82) is 0 Å². The van der Waals surface area contributed by atoms with Gasteiger partial charge >= 0.3 is 5.97 Å². The number of ether oxygens (including phenoxy) is 1. The highest BCUT2D eigenvalue weighted by atomic mass is 16.5. The lowest BCUT2D eigenvalue weighted by Crippen LogP contribution is -2.08. The Balaban J connectivity index is 2.56. The average Bonchev–Trinajstić information content (AvgIpc) is 2.30. The van der Waals surface area contributed by atoms with Gasteiger partial charge in [-0.25, -0.2) is 0 Å². The summed E-state index contributed by atoms with van der Waals surface area (Å²) in [6, 6.07) is 7.79. The summed E-state index contributed by atoms with van der Waals surface area (Å²) in [6.45, 7) is 3.98. The van der Waals surface area contributed by atoms with E-state index >= 15 is 0 Å². The molecule has 1 atom stereocenters. The Kier molecular flexibility index (Phi) is 5.70. The second kappa shape index (κ2) is 7.07. The number of esters is 1. The zero-order valence-electron chi connectivity index (χ0n) is 10.5. The van der Waals surface area contributed by atoms with E-state index in [0.717, 1.165) is 17.5 Å². The zero-order chi connectivity index (χ0) is 12.7. The molecule has 0 radical (unpaired) electrons. The van der Waals surface area contributed by atoms with Gasteiger partial charge in [0.1, 0.15) is 6.10 Å². The molecule has 0 saturated carbocycles. The number of aliphatic hydroxyl groups excluding tert-OH is 1. The summed E-state index contributed by atoms with van der Waals surface area (Å²) in [5.41, 5.74) is 2.07.